The number of halogens is 4. The van der Waals surface area contributed by atoms with Crippen molar-refractivity contribution in [3.63, 3.8) is 0 Å². The van der Waals surface area contributed by atoms with Gasteiger partial charge < -0.3 is 25.3 Å². The minimum atomic E-state index is -0.485. The molecule has 0 aliphatic heterocycles. The van der Waals surface area contributed by atoms with Gasteiger partial charge in [0.2, 0.25) is 0 Å². The van der Waals surface area contributed by atoms with Crippen LogP contribution in [0.2, 0.25) is 20.1 Å². The van der Waals surface area contributed by atoms with Crippen molar-refractivity contribution >= 4 is 52.5 Å². The normalized spacial score (nSPS) is 10.7. The first kappa shape index (κ1) is 29.5. The highest BCUT2D eigenvalue weighted by Gasteiger charge is 2.15. The van der Waals surface area contributed by atoms with Crippen molar-refractivity contribution < 1.29 is 19.0 Å². The Balaban J connectivity index is 0.000000361. The van der Waals surface area contributed by atoms with E-state index in [1.54, 1.807) is 36.4 Å². The van der Waals surface area contributed by atoms with Gasteiger partial charge in [0.1, 0.15) is 17.1 Å². The van der Waals surface area contributed by atoms with Crippen LogP contribution in [0.3, 0.4) is 0 Å². The maximum absolute atomic E-state index is 11.4. The number of nitrogens with two attached hydrogens (primary N) is 1. The highest BCUT2D eigenvalue weighted by molar-refractivity contribution is 6.42. The lowest BCUT2D eigenvalue weighted by Crippen LogP contribution is -2.33. The summed E-state index contributed by atoms with van der Waals surface area (Å²) >= 11 is 23.2. The number of carbonyl (C=O) groups excluding carboxylic acids is 1. The molecule has 0 fully saturated rings. The topological polar surface area (TPSA) is 82.8 Å². The molecule has 1 amide bonds. The van der Waals surface area contributed by atoms with Gasteiger partial charge in [-0.3, -0.25) is 0 Å². The zero-order chi connectivity index (χ0) is 24.9. The van der Waals surface area contributed by atoms with E-state index in [1.165, 1.54) is 0 Å². The Morgan fingerprint density at radius 2 is 1.33 bits per heavy atom. The summed E-state index contributed by atoms with van der Waals surface area (Å²) < 4.78 is 16.0. The second-order valence-corrected chi connectivity index (χ2v) is 9.40. The van der Waals surface area contributed by atoms with Crippen LogP contribution in [0.25, 0.3) is 0 Å². The van der Waals surface area contributed by atoms with Crippen molar-refractivity contribution in [1.82, 2.24) is 5.32 Å². The van der Waals surface area contributed by atoms with E-state index in [0.717, 1.165) is 12.2 Å². The first-order valence-corrected chi connectivity index (χ1v) is 11.9. The Morgan fingerprint density at radius 3 is 1.76 bits per heavy atom. The van der Waals surface area contributed by atoms with E-state index in [-0.39, 0.29) is 0 Å². The van der Waals surface area contributed by atoms with Crippen LogP contribution >= 0.6 is 46.4 Å². The zero-order valence-corrected chi connectivity index (χ0v) is 22.0. The predicted molar refractivity (Wildman–Crippen MR) is 136 cm³/mol. The van der Waals surface area contributed by atoms with E-state index in [1.807, 2.05) is 20.8 Å². The molecule has 0 aliphatic rings. The highest BCUT2D eigenvalue weighted by atomic mass is 35.5. The molecule has 3 N–H and O–H groups in total. The molecule has 10 heteroatoms. The minimum Gasteiger partial charge on any atom is -0.493 e. The largest absolute Gasteiger partial charge is 0.493 e. The van der Waals surface area contributed by atoms with Crippen molar-refractivity contribution in [2.24, 2.45) is 5.73 Å². The third-order valence-corrected chi connectivity index (χ3v) is 5.14. The Kier molecular flexibility index (Phi) is 13.7. The number of hydrogen-bond donors (Lipinski definition) is 2. The van der Waals surface area contributed by atoms with Gasteiger partial charge in [-0.15, -0.1) is 0 Å². The smallest absolute Gasteiger partial charge is 0.407 e. The fraction of sp³-hybridized carbons (Fsp3) is 0.435. The first-order valence-electron chi connectivity index (χ1n) is 10.3. The minimum absolute atomic E-state index is 0.424. The molecule has 0 radical (unpaired) electrons. The summed E-state index contributed by atoms with van der Waals surface area (Å²) in [5.41, 5.74) is 4.83. The average molecular weight is 540 g/mol. The molecule has 0 bridgehead atoms. The fourth-order valence-electron chi connectivity index (χ4n) is 2.17. The van der Waals surface area contributed by atoms with Crippen molar-refractivity contribution in [2.75, 3.05) is 26.3 Å². The summed E-state index contributed by atoms with van der Waals surface area (Å²) in [5, 5.41) is 4.65. The predicted octanol–water partition coefficient (Wildman–Crippen LogP) is 7.01. The second kappa shape index (κ2) is 15.4. The van der Waals surface area contributed by atoms with E-state index in [2.05, 4.69) is 5.32 Å². The molecule has 33 heavy (non-hydrogen) atoms. The Labute approximate surface area is 215 Å². The van der Waals surface area contributed by atoms with Crippen molar-refractivity contribution in [3.8, 4) is 11.5 Å². The maximum Gasteiger partial charge on any atom is 0.407 e. The summed E-state index contributed by atoms with van der Waals surface area (Å²) in [7, 11) is 0. The molecule has 2 rings (SSSR count). The van der Waals surface area contributed by atoms with E-state index in [9.17, 15) is 4.79 Å². The molecule has 0 heterocycles. The summed E-state index contributed by atoms with van der Waals surface area (Å²) in [6.45, 7) is 7.64. The standard InChI is InChI=1S/C14H19Cl2NO3.C9H11Cl2NO/c1-14(2,3)20-13(18)17-7-4-8-19-10-5-6-11(15)12(16)9-10;10-8-3-2-7(6-9(8)11)13-5-1-4-12/h5-6,9H,4,7-8H2,1-3H3,(H,17,18);2-3,6H,1,4-5,12H2. The third kappa shape index (κ3) is 13.7. The number of ether oxygens (including phenoxy) is 3. The van der Waals surface area contributed by atoms with E-state index in [4.69, 9.17) is 66.3 Å². The van der Waals surface area contributed by atoms with Gasteiger partial charge in [-0.2, -0.15) is 0 Å². The monoisotopic (exact) mass is 538 g/mol. The second-order valence-electron chi connectivity index (χ2n) is 7.77. The van der Waals surface area contributed by atoms with Crippen LogP contribution in [0, 0.1) is 0 Å². The molecule has 0 unspecified atom stereocenters. The summed E-state index contributed by atoms with van der Waals surface area (Å²) in [5.74, 6) is 1.37. The third-order valence-electron chi connectivity index (χ3n) is 3.66. The lowest BCUT2D eigenvalue weighted by molar-refractivity contribution is 0.0525. The number of benzene rings is 2. The molecule has 2 aromatic carbocycles. The van der Waals surface area contributed by atoms with Crippen molar-refractivity contribution in [3.05, 3.63) is 56.5 Å². The Morgan fingerprint density at radius 1 is 0.848 bits per heavy atom. The average Bonchev–Trinajstić information content (AvgIpc) is 2.72. The van der Waals surface area contributed by atoms with Gasteiger partial charge in [0.05, 0.1) is 33.3 Å². The van der Waals surface area contributed by atoms with Gasteiger partial charge in [0.25, 0.3) is 0 Å². The first-order chi connectivity index (χ1) is 15.5. The molecule has 184 valence electrons. The number of amides is 1. The summed E-state index contributed by atoms with van der Waals surface area (Å²) in [4.78, 5) is 11.4. The van der Waals surface area contributed by atoms with Gasteiger partial charge in [0, 0.05) is 18.7 Å². The summed E-state index contributed by atoms with van der Waals surface area (Å²) in [6.07, 6.45) is 1.08. The molecule has 2 aromatic rings. The van der Waals surface area contributed by atoms with Crippen LogP contribution in [-0.2, 0) is 4.74 Å². The number of hydrogen-bond acceptors (Lipinski definition) is 5. The van der Waals surface area contributed by atoms with Gasteiger partial charge in [0.15, 0.2) is 0 Å². The molecule has 0 atom stereocenters. The van der Waals surface area contributed by atoms with Crippen LogP contribution in [0.5, 0.6) is 11.5 Å². The van der Waals surface area contributed by atoms with E-state index in [0.29, 0.717) is 58.6 Å². The van der Waals surface area contributed by atoms with Crippen molar-refractivity contribution in [2.45, 2.75) is 39.2 Å². The van der Waals surface area contributed by atoms with Crippen LogP contribution in [0.4, 0.5) is 4.79 Å². The van der Waals surface area contributed by atoms with Gasteiger partial charge in [-0.05, 0) is 64.4 Å². The van der Waals surface area contributed by atoms with Crippen LogP contribution in [0.15, 0.2) is 36.4 Å². The van der Waals surface area contributed by atoms with Crippen molar-refractivity contribution in [1.29, 1.82) is 0 Å². The molecular formula is C23H30Cl4N2O4. The van der Waals surface area contributed by atoms with Gasteiger partial charge in [-0.1, -0.05) is 46.4 Å². The zero-order valence-electron chi connectivity index (χ0n) is 18.9. The molecular weight excluding hydrogens is 510 g/mol. The molecule has 0 aromatic heterocycles. The number of alkyl carbamates (subject to hydrolysis) is 1. The fourth-order valence-corrected chi connectivity index (χ4v) is 2.75. The van der Waals surface area contributed by atoms with E-state index < -0.39 is 11.7 Å². The molecule has 6 nitrogen and oxygen atoms in total. The molecule has 0 saturated carbocycles. The van der Waals surface area contributed by atoms with Crippen LogP contribution in [0.1, 0.15) is 33.6 Å². The number of rotatable bonds is 9. The molecule has 0 aliphatic carbocycles. The van der Waals surface area contributed by atoms with Gasteiger partial charge >= 0.3 is 6.09 Å². The van der Waals surface area contributed by atoms with Gasteiger partial charge in [-0.25, -0.2) is 4.79 Å². The number of carbonyl (C=O) groups is 1. The molecule has 0 saturated heterocycles. The van der Waals surface area contributed by atoms with Crippen LogP contribution in [-0.4, -0.2) is 38.0 Å². The maximum atomic E-state index is 11.4. The highest BCUT2D eigenvalue weighted by Crippen LogP contribution is 2.27. The lowest BCUT2D eigenvalue weighted by atomic mass is 10.2. The summed E-state index contributed by atoms with van der Waals surface area (Å²) in [6, 6.07) is 10.3. The Bertz CT molecular complexity index is 876. The number of nitrogens with one attached hydrogen (secondary N) is 1. The quantitative estimate of drug-likeness (QED) is 0.335. The van der Waals surface area contributed by atoms with E-state index >= 15 is 0 Å². The SMILES string of the molecule is CC(C)(C)OC(=O)NCCCOc1ccc(Cl)c(Cl)c1.NCCCOc1ccc(Cl)c(Cl)c1. The Hall–Kier alpha value is -1.57. The molecule has 0 spiro atoms. The lowest BCUT2D eigenvalue weighted by Gasteiger charge is -2.19. The van der Waals surface area contributed by atoms with Crippen LogP contribution < -0.4 is 20.5 Å².